The summed E-state index contributed by atoms with van der Waals surface area (Å²) in [5.41, 5.74) is 7.07. The summed E-state index contributed by atoms with van der Waals surface area (Å²) in [6.07, 6.45) is 1.65. The van der Waals surface area contributed by atoms with E-state index in [0.29, 0.717) is 0 Å². The van der Waals surface area contributed by atoms with Gasteiger partial charge in [-0.05, 0) is 38.0 Å². The van der Waals surface area contributed by atoms with Gasteiger partial charge in [-0.15, -0.1) is 0 Å². The van der Waals surface area contributed by atoms with Crippen molar-refractivity contribution < 1.29 is 0 Å². The number of benzene rings is 2. The van der Waals surface area contributed by atoms with E-state index in [9.17, 15) is 0 Å². The molecule has 1 heterocycles. The summed E-state index contributed by atoms with van der Waals surface area (Å²) >= 11 is 0. The minimum atomic E-state index is 0.992. The van der Waals surface area contributed by atoms with Crippen LogP contribution < -0.4 is 0 Å². The molecule has 0 aliphatic heterocycles. The summed E-state index contributed by atoms with van der Waals surface area (Å²) in [5, 5.41) is 1.11. The van der Waals surface area contributed by atoms with E-state index in [2.05, 4.69) is 48.9 Å². The highest BCUT2D eigenvalue weighted by Gasteiger charge is 2.11. The fraction of sp³-hybridized carbons (Fsp3) is 0.176. The SMILES string of the molecule is Cc1cc(C)c(-c2ncnc3ccccc23)c(C)c1. The monoisotopic (exact) mass is 248 g/mol. The predicted octanol–water partition coefficient (Wildman–Crippen LogP) is 4.22. The molecule has 0 N–H and O–H groups in total. The molecule has 0 aliphatic carbocycles. The van der Waals surface area contributed by atoms with Gasteiger partial charge in [0.1, 0.15) is 6.33 Å². The number of fused-ring (bicyclic) bond motifs is 1. The second-order valence-electron chi connectivity index (χ2n) is 5.01. The second kappa shape index (κ2) is 4.47. The molecule has 2 aromatic carbocycles. The summed E-state index contributed by atoms with van der Waals surface area (Å²) < 4.78 is 0. The molecule has 0 amide bonds. The Kier molecular flexibility index (Phi) is 2.79. The first-order valence-electron chi connectivity index (χ1n) is 6.45. The molecule has 0 spiro atoms. The van der Waals surface area contributed by atoms with Crippen LogP contribution in [0.1, 0.15) is 16.7 Å². The van der Waals surface area contributed by atoms with Gasteiger partial charge < -0.3 is 0 Å². The van der Waals surface area contributed by atoms with Gasteiger partial charge in [0.05, 0.1) is 11.2 Å². The maximum Gasteiger partial charge on any atom is 0.116 e. The Labute approximate surface area is 113 Å². The first-order valence-corrected chi connectivity index (χ1v) is 6.45. The molecule has 2 heteroatoms. The standard InChI is InChI=1S/C17H16N2/c1-11-8-12(2)16(13(3)9-11)17-14-6-4-5-7-15(14)18-10-19-17/h4-10H,1-3H3. The van der Waals surface area contributed by atoms with Crippen LogP contribution in [0.4, 0.5) is 0 Å². The lowest BCUT2D eigenvalue weighted by molar-refractivity contribution is 1.21. The fourth-order valence-corrected chi connectivity index (χ4v) is 2.76. The Bertz CT molecular complexity index is 732. The van der Waals surface area contributed by atoms with Crippen LogP contribution >= 0.6 is 0 Å². The molecular formula is C17H16N2. The van der Waals surface area contributed by atoms with E-state index in [1.54, 1.807) is 6.33 Å². The van der Waals surface area contributed by atoms with Gasteiger partial charge in [0.25, 0.3) is 0 Å². The van der Waals surface area contributed by atoms with Gasteiger partial charge in [-0.2, -0.15) is 0 Å². The number of aromatic nitrogens is 2. The Balaban J connectivity index is 2.37. The number of para-hydroxylation sites is 1. The van der Waals surface area contributed by atoms with E-state index >= 15 is 0 Å². The summed E-state index contributed by atoms with van der Waals surface area (Å²) in [5.74, 6) is 0. The molecule has 0 bridgehead atoms. The van der Waals surface area contributed by atoms with Gasteiger partial charge in [0, 0.05) is 10.9 Å². The van der Waals surface area contributed by atoms with Crippen LogP contribution in [0.5, 0.6) is 0 Å². The van der Waals surface area contributed by atoms with Crippen molar-refractivity contribution in [3.8, 4) is 11.3 Å². The summed E-state index contributed by atoms with van der Waals surface area (Å²) in [6.45, 7) is 6.42. The molecule has 19 heavy (non-hydrogen) atoms. The lowest BCUT2D eigenvalue weighted by Gasteiger charge is -2.12. The number of hydrogen-bond acceptors (Lipinski definition) is 2. The minimum Gasteiger partial charge on any atom is -0.236 e. The molecule has 3 aromatic rings. The van der Waals surface area contributed by atoms with Crippen molar-refractivity contribution in [3.63, 3.8) is 0 Å². The number of aryl methyl sites for hydroxylation is 3. The van der Waals surface area contributed by atoms with E-state index < -0.39 is 0 Å². The first-order chi connectivity index (χ1) is 9.16. The lowest BCUT2D eigenvalue weighted by atomic mass is 9.95. The van der Waals surface area contributed by atoms with Crippen LogP contribution in [0.25, 0.3) is 22.2 Å². The number of hydrogen-bond donors (Lipinski definition) is 0. The molecule has 2 nitrogen and oxygen atoms in total. The Morgan fingerprint density at radius 3 is 2.26 bits per heavy atom. The number of rotatable bonds is 1. The third kappa shape index (κ3) is 1.99. The molecule has 94 valence electrons. The van der Waals surface area contributed by atoms with E-state index in [0.717, 1.165) is 16.6 Å². The van der Waals surface area contributed by atoms with Crippen molar-refractivity contribution in [2.45, 2.75) is 20.8 Å². The molecule has 0 aliphatic rings. The van der Waals surface area contributed by atoms with Crippen molar-refractivity contribution in [3.05, 3.63) is 59.4 Å². The zero-order valence-electron chi connectivity index (χ0n) is 11.4. The highest BCUT2D eigenvalue weighted by Crippen LogP contribution is 2.31. The summed E-state index contributed by atoms with van der Waals surface area (Å²) in [7, 11) is 0. The maximum atomic E-state index is 4.52. The van der Waals surface area contributed by atoms with E-state index in [1.807, 2.05) is 18.2 Å². The predicted molar refractivity (Wildman–Crippen MR) is 79.2 cm³/mol. The van der Waals surface area contributed by atoms with Crippen LogP contribution in [-0.2, 0) is 0 Å². The number of nitrogens with zero attached hydrogens (tertiary/aromatic N) is 2. The molecule has 0 radical (unpaired) electrons. The Morgan fingerprint density at radius 2 is 1.53 bits per heavy atom. The van der Waals surface area contributed by atoms with E-state index in [1.165, 1.54) is 22.3 Å². The normalized spacial score (nSPS) is 10.9. The Morgan fingerprint density at radius 1 is 0.842 bits per heavy atom. The van der Waals surface area contributed by atoms with Crippen molar-refractivity contribution >= 4 is 10.9 Å². The average molecular weight is 248 g/mol. The van der Waals surface area contributed by atoms with Gasteiger partial charge in [-0.1, -0.05) is 35.9 Å². The van der Waals surface area contributed by atoms with Gasteiger partial charge in [0.15, 0.2) is 0 Å². The van der Waals surface area contributed by atoms with E-state index in [-0.39, 0.29) is 0 Å². The molecule has 3 rings (SSSR count). The molecule has 1 aromatic heterocycles. The Hall–Kier alpha value is -2.22. The quantitative estimate of drug-likeness (QED) is 0.644. The second-order valence-corrected chi connectivity index (χ2v) is 5.01. The zero-order valence-corrected chi connectivity index (χ0v) is 11.4. The van der Waals surface area contributed by atoms with Crippen LogP contribution in [0.2, 0.25) is 0 Å². The van der Waals surface area contributed by atoms with Crippen molar-refractivity contribution in [2.75, 3.05) is 0 Å². The molecule has 0 saturated carbocycles. The topological polar surface area (TPSA) is 25.8 Å². The van der Waals surface area contributed by atoms with Gasteiger partial charge in [-0.25, -0.2) is 9.97 Å². The zero-order chi connectivity index (χ0) is 13.4. The molecular weight excluding hydrogens is 232 g/mol. The van der Waals surface area contributed by atoms with Crippen LogP contribution in [0.15, 0.2) is 42.7 Å². The first kappa shape index (κ1) is 11.8. The molecule has 0 atom stereocenters. The fourth-order valence-electron chi connectivity index (χ4n) is 2.76. The highest BCUT2D eigenvalue weighted by molar-refractivity contribution is 5.93. The van der Waals surface area contributed by atoms with Crippen molar-refractivity contribution in [1.82, 2.24) is 9.97 Å². The largest absolute Gasteiger partial charge is 0.236 e. The van der Waals surface area contributed by atoms with Gasteiger partial charge in [-0.3, -0.25) is 0 Å². The van der Waals surface area contributed by atoms with E-state index in [4.69, 9.17) is 0 Å². The minimum absolute atomic E-state index is 0.992. The van der Waals surface area contributed by atoms with Crippen LogP contribution in [0.3, 0.4) is 0 Å². The molecule has 0 unspecified atom stereocenters. The van der Waals surface area contributed by atoms with Crippen LogP contribution in [0, 0.1) is 20.8 Å². The van der Waals surface area contributed by atoms with Crippen LogP contribution in [-0.4, -0.2) is 9.97 Å². The lowest BCUT2D eigenvalue weighted by Crippen LogP contribution is -1.94. The molecule has 0 saturated heterocycles. The van der Waals surface area contributed by atoms with Crippen molar-refractivity contribution in [2.24, 2.45) is 0 Å². The van der Waals surface area contributed by atoms with Crippen molar-refractivity contribution in [1.29, 1.82) is 0 Å². The maximum absolute atomic E-state index is 4.52. The average Bonchev–Trinajstić information content (AvgIpc) is 2.38. The smallest absolute Gasteiger partial charge is 0.116 e. The van der Waals surface area contributed by atoms with Gasteiger partial charge in [0.2, 0.25) is 0 Å². The summed E-state index contributed by atoms with van der Waals surface area (Å²) in [4.78, 5) is 8.85. The molecule has 0 fully saturated rings. The highest BCUT2D eigenvalue weighted by atomic mass is 14.8. The third-order valence-corrected chi connectivity index (χ3v) is 3.46. The third-order valence-electron chi connectivity index (χ3n) is 3.46. The van der Waals surface area contributed by atoms with Gasteiger partial charge >= 0.3 is 0 Å². The summed E-state index contributed by atoms with van der Waals surface area (Å²) in [6, 6.07) is 12.6.